The molecule has 3 aromatic rings. The highest BCUT2D eigenvalue weighted by Gasteiger charge is 2.35. The molecule has 0 bridgehead atoms. The number of nitro groups is 1. The van der Waals surface area contributed by atoms with Crippen LogP contribution in [0, 0.1) is 15.9 Å². The molecule has 1 aliphatic heterocycles. The highest BCUT2D eigenvalue weighted by Crippen LogP contribution is 2.38. The van der Waals surface area contributed by atoms with E-state index in [4.69, 9.17) is 11.6 Å². The van der Waals surface area contributed by atoms with Gasteiger partial charge in [0, 0.05) is 21.5 Å². The van der Waals surface area contributed by atoms with Crippen molar-refractivity contribution in [3.63, 3.8) is 0 Å². The predicted molar refractivity (Wildman–Crippen MR) is 127 cm³/mol. The van der Waals surface area contributed by atoms with Crippen molar-refractivity contribution in [3.8, 4) is 0 Å². The van der Waals surface area contributed by atoms with Crippen LogP contribution in [0.25, 0.3) is 6.08 Å². The summed E-state index contributed by atoms with van der Waals surface area (Å²) in [4.78, 5) is 38.5. The van der Waals surface area contributed by atoms with Crippen LogP contribution in [0.5, 0.6) is 0 Å². The monoisotopic (exact) mass is 500 g/mol. The minimum atomic E-state index is -0.574. The molecule has 1 aliphatic rings. The van der Waals surface area contributed by atoms with Gasteiger partial charge in [-0.15, -0.1) is 0 Å². The smallest absolute Gasteiger partial charge is 0.268 e. The van der Waals surface area contributed by atoms with E-state index in [1.807, 2.05) is 0 Å². The molecule has 0 aromatic heterocycles. The van der Waals surface area contributed by atoms with Crippen molar-refractivity contribution in [3.05, 3.63) is 104 Å². The van der Waals surface area contributed by atoms with Crippen LogP contribution in [-0.4, -0.2) is 21.0 Å². The van der Waals surface area contributed by atoms with Gasteiger partial charge in [-0.2, -0.15) is 0 Å². The van der Waals surface area contributed by atoms with E-state index in [9.17, 15) is 24.1 Å². The molecule has 0 spiro atoms. The summed E-state index contributed by atoms with van der Waals surface area (Å²) in [6, 6.07) is 17.4. The minimum Gasteiger partial charge on any atom is -0.268 e. The zero-order valence-corrected chi connectivity index (χ0v) is 19.1. The first-order chi connectivity index (χ1) is 15.8. The molecular formula is C23H14ClFN2O4S2. The Morgan fingerprint density at radius 3 is 2.52 bits per heavy atom. The lowest BCUT2D eigenvalue weighted by atomic mass is 10.1. The summed E-state index contributed by atoms with van der Waals surface area (Å²) in [5.74, 6) is -1.08. The molecule has 0 unspecified atom stereocenters. The number of nitro benzene ring substituents is 1. The molecule has 0 atom stereocenters. The second kappa shape index (κ2) is 9.78. The maximum absolute atomic E-state index is 13.9. The summed E-state index contributed by atoms with van der Waals surface area (Å²) in [5.41, 5.74) is 0.494. The fourth-order valence-electron chi connectivity index (χ4n) is 3.07. The molecule has 1 fully saturated rings. The van der Waals surface area contributed by atoms with Crippen LogP contribution in [0.2, 0.25) is 5.02 Å². The second-order valence-corrected chi connectivity index (χ2v) is 9.44. The normalized spacial score (nSPS) is 14.8. The SMILES string of the molecule is O=C1S/C(=C\c2ccc(Sc3ccc(Cl)cc3)c([N+](=O)[O-])c2)C(=O)N1Cc1ccccc1F. The number of rotatable bonds is 6. The topological polar surface area (TPSA) is 80.5 Å². The first kappa shape index (κ1) is 23.0. The van der Waals surface area contributed by atoms with Crippen molar-refractivity contribution in [2.75, 3.05) is 0 Å². The second-order valence-electron chi connectivity index (χ2n) is 6.90. The van der Waals surface area contributed by atoms with Crippen LogP contribution in [0.1, 0.15) is 11.1 Å². The van der Waals surface area contributed by atoms with Crippen molar-refractivity contribution >= 4 is 58.0 Å². The van der Waals surface area contributed by atoms with Crippen LogP contribution in [-0.2, 0) is 11.3 Å². The lowest BCUT2D eigenvalue weighted by molar-refractivity contribution is -0.387. The van der Waals surface area contributed by atoms with Gasteiger partial charge in [0.1, 0.15) is 5.82 Å². The fraction of sp³-hybridized carbons (Fsp3) is 0.0435. The molecule has 0 aliphatic carbocycles. The van der Waals surface area contributed by atoms with Crippen molar-refractivity contribution < 1.29 is 18.9 Å². The van der Waals surface area contributed by atoms with Crippen LogP contribution >= 0.6 is 35.1 Å². The van der Waals surface area contributed by atoms with Crippen molar-refractivity contribution in [2.24, 2.45) is 0 Å². The maximum atomic E-state index is 13.9. The van der Waals surface area contributed by atoms with Crippen molar-refractivity contribution in [1.29, 1.82) is 0 Å². The Kier molecular flexibility index (Phi) is 6.83. The summed E-state index contributed by atoms with van der Waals surface area (Å²) in [5, 5.41) is 11.7. The first-order valence-electron chi connectivity index (χ1n) is 9.52. The summed E-state index contributed by atoms with van der Waals surface area (Å²) < 4.78 is 13.9. The fourth-order valence-corrected chi connectivity index (χ4v) is 4.93. The Hall–Kier alpha value is -3.14. The highest BCUT2D eigenvalue weighted by molar-refractivity contribution is 8.18. The largest absolute Gasteiger partial charge is 0.293 e. The molecule has 1 saturated heterocycles. The van der Waals surface area contributed by atoms with Crippen LogP contribution in [0.3, 0.4) is 0 Å². The Balaban J connectivity index is 1.58. The molecule has 0 N–H and O–H groups in total. The van der Waals surface area contributed by atoms with Crippen molar-refractivity contribution in [1.82, 2.24) is 4.90 Å². The Morgan fingerprint density at radius 2 is 1.82 bits per heavy atom. The number of thioether (sulfide) groups is 1. The quantitative estimate of drug-likeness (QED) is 0.211. The number of nitrogens with zero attached hydrogens (tertiary/aromatic N) is 2. The average molecular weight is 501 g/mol. The molecule has 3 aromatic carbocycles. The highest BCUT2D eigenvalue weighted by atomic mass is 35.5. The predicted octanol–water partition coefficient (Wildman–Crippen LogP) is 6.78. The van der Waals surface area contributed by atoms with E-state index in [-0.39, 0.29) is 22.7 Å². The molecule has 0 radical (unpaired) electrons. The lowest BCUT2D eigenvalue weighted by Gasteiger charge is -2.12. The molecule has 1 heterocycles. The summed E-state index contributed by atoms with van der Waals surface area (Å²) >= 11 is 7.81. The Bertz CT molecular complexity index is 1300. The van der Waals surface area contributed by atoms with E-state index < -0.39 is 21.9 Å². The Morgan fingerprint density at radius 1 is 1.09 bits per heavy atom. The zero-order valence-electron chi connectivity index (χ0n) is 16.7. The van der Waals surface area contributed by atoms with E-state index >= 15 is 0 Å². The van der Waals surface area contributed by atoms with Crippen LogP contribution in [0.4, 0.5) is 14.9 Å². The summed E-state index contributed by atoms with van der Waals surface area (Å²) in [6.45, 7) is -0.189. The van der Waals surface area contributed by atoms with E-state index in [1.165, 1.54) is 42.1 Å². The van der Waals surface area contributed by atoms with Crippen LogP contribution < -0.4 is 0 Å². The van der Waals surface area contributed by atoms with Crippen LogP contribution in [0.15, 0.2) is 81.4 Å². The van der Waals surface area contributed by atoms with E-state index in [0.29, 0.717) is 27.2 Å². The molecular weight excluding hydrogens is 487 g/mol. The third kappa shape index (κ3) is 5.27. The van der Waals surface area contributed by atoms with E-state index in [2.05, 4.69) is 0 Å². The minimum absolute atomic E-state index is 0.115. The van der Waals surface area contributed by atoms with Gasteiger partial charge < -0.3 is 0 Å². The molecule has 2 amide bonds. The summed E-state index contributed by atoms with van der Waals surface area (Å²) in [7, 11) is 0. The lowest BCUT2D eigenvalue weighted by Crippen LogP contribution is -2.27. The van der Waals surface area contributed by atoms with E-state index in [0.717, 1.165) is 9.80 Å². The average Bonchev–Trinajstić information content (AvgIpc) is 3.05. The molecule has 6 nitrogen and oxygen atoms in total. The molecule has 33 heavy (non-hydrogen) atoms. The zero-order chi connectivity index (χ0) is 23.5. The Labute approximate surface area is 201 Å². The number of imide groups is 1. The number of hydrogen-bond donors (Lipinski definition) is 0. The van der Waals surface area contributed by atoms with Gasteiger partial charge in [-0.1, -0.05) is 47.6 Å². The van der Waals surface area contributed by atoms with Gasteiger partial charge >= 0.3 is 0 Å². The molecule has 0 saturated carbocycles. The number of hydrogen-bond acceptors (Lipinski definition) is 6. The molecule has 166 valence electrons. The van der Waals surface area contributed by atoms with Gasteiger partial charge in [0.25, 0.3) is 16.8 Å². The van der Waals surface area contributed by atoms with E-state index in [1.54, 1.807) is 42.5 Å². The molecule has 4 rings (SSSR count). The van der Waals surface area contributed by atoms with Gasteiger partial charge in [-0.25, -0.2) is 4.39 Å². The van der Waals surface area contributed by atoms with Gasteiger partial charge in [-0.05, 0) is 59.8 Å². The first-order valence-corrected chi connectivity index (χ1v) is 11.5. The van der Waals surface area contributed by atoms with Crippen molar-refractivity contribution in [2.45, 2.75) is 16.3 Å². The number of benzene rings is 3. The van der Waals surface area contributed by atoms with Gasteiger partial charge in [0.2, 0.25) is 0 Å². The maximum Gasteiger partial charge on any atom is 0.293 e. The van der Waals surface area contributed by atoms with Gasteiger partial charge in [0.05, 0.1) is 21.3 Å². The van der Waals surface area contributed by atoms with Gasteiger partial charge in [-0.3, -0.25) is 24.6 Å². The number of halogens is 2. The number of carbonyl (C=O) groups is 2. The standard InChI is InChI=1S/C23H14ClFN2O4S2/c24-16-6-8-17(9-7-16)32-20-10-5-14(11-19(20)27(30)31)12-21-22(28)26(23(29)33-21)13-15-3-1-2-4-18(15)25/h1-12H,13H2/b21-12-. The van der Waals surface area contributed by atoms with Gasteiger partial charge in [0.15, 0.2) is 0 Å². The third-order valence-electron chi connectivity index (χ3n) is 4.68. The molecule has 10 heteroatoms. The summed E-state index contributed by atoms with van der Waals surface area (Å²) in [6.07, 6.45) is 1.43. The number of carbonyl (C=O) groups excluding carboxylic acids is 2. The third-order valence-corrected chi connectivity index (χ3v) is 6.91. The number of amides is 2.